The number of hydrogen-bond donors (Lipinski definition) is 0. The molecule has 0 bridgehead atoms. The van der Waals surface area contributed by atoms with E-state index < -0.39 is 0 Å². The zero-order valence-corrected chi connectivity index (χ0v) is 32.4. The Morgan fingerprint density at radius 3 is 1.91 bits per heavy atom. The van der Waals surface area contributed by atoms with E-state index in [1.165, 1.54) is 31.3 Å². The summed E-state index contributed by atoms with van der Waals surface area (Å²) >= 11 is 1.85. The second kappa shape index (κ2) is 13.7. The SMILES string of the molecule is C=C/C=C\c1c(C)sc2c1ccc1c2c2ccccc2n1-c1cc(-c2ccc3oc4ccccc4c3c2)cc(-c2nc(-c3ccccc3)nc(-c3ccccc3)n2)c1. The number of benzene rings is 7. The monoisotopic (exact) mass is 762 g/mol. The molecular formula is C52H34N4OS. The Bertz CT molecular complexity index is 3370. The highest BCUT2D eigenvalue weighted by Gasteiger charge is 2.21. The fourth-order valence-electron chi connectivity index (χ4n) is 8.27. The lowest BCUT2D eigenvalue weighted by atomic mass is 9.99. The first-order chi connectivity index (χ1) is 28.6. The van der Waals surface area contributed by atoms with Crippen molar-refractivity contribution in [1.29, 1.82) is 0 Å². The van der Waals surface area contributed by atoms with Crippen LogP contribution in [0.1, 0.15) is 10.4 Å². The summed E-state index contributed by atoms with van der Waals surface area (Å²) in [4.78, 5) is 16.6. The van der Waals surface area contributed by atoms with E-state index in [9.17, 15) is 0 Å². The van der Waals surface area contributed by atoms with Crippen molar-refractivity contribution in [2.24, 2.45) is 0 Å². The van der Waals surface area contributed by atoms with Crippen LogP contribution in [0.25, 0.3) is 111 Å². The Labute approximate surface area is 338 Å². The summed E-state index contributed by atoms with van der Waals surface area (Å²) in [5, 5.41) is 5.87. The quantitative estimate of drug-likeness (QED) is 0.152. The second-order valence-corrected chi connectivity index (χ2v) is 15.7. The van der Waals surface area contributed by atoms with Crippen molar-refractivity contribution in [1.82, 2.24) is 19.5 Å². The Morgan fingerprint density at radius 2 is 1.17 bits per heavy atom. The normalized spacial score (nSPS) is 11.9. The first-order valence-electron chi connectivity index (χ1n) is 19.3. The summed E-state index contributed by atoms with van der Waals surface area (Å²) in [6, 6.07) is 54.9. The smallest absolute Gasteiger partial charge is 0.164 e. The van der Waals surface area contributed by atoms with Crippen LogP contribution in [0.3, 0.4) is 0 Å². The van der Waals surface area contributed by atoms with Gasteiger partial charge in [-0.15, -0.1) is 11.3 Å². The summed E-state index contributed by atoms with van der Waals surface area (Å²) in [5.74, 6) is 1.84. The van der Waals surface area contributed by atoms with Crippen molar-refractivity contribution < 1.29 is 4.42 Å². The molecule has 6 heteroatoms. The van der Waals surface area contributed by atoms with Crippen LogP contribution in [0.5, 0.6) is 0 Å². The van der Waals surface area contributed by atoms with Crippen LogP contribution in [-0.4, -0.2) is 19.5 Å². The molecular weight excluding hydrogens is 729 g/mol. The highest BCUT2D eigenvalue weighted by atomic mass is 32.1. The van der Waals surface area contributed by atoms with Gasteiger partial charge in [-0.2, -0.15) is 0 Å². The summed E-state index contributed by atoms with van der Waals surface area (Å²) in [6.07, 6.45) is 6.03. The largest absolute Gasteiger partial charge is 0.456 e. The van der Waals surface area contributed by atoms with Crippen LogP contribution in [-0.2, 0) is 0 Å². The van der Waals surface area contributed by atoms with Crippen molar-refractivity contribution in [2.45, 2.75) is 6.92 Å². The van der Waals surface area contributed by atoms with Gasteiger partial charge >= 0.3 is 0 Å². The van der Waals surface area contributed by atoms with Crippen molar-refractivity contribution in [3.63, 3.8) is 0 Å². The lowest BCUT2D eigenvalue weighted by molar-refractivity contribution is 0.669. The molecule has 0 radical (unpaired) electrons. The molecule has 0 spiro atoms. The molecule has 4 aromatic heterocycles. The van der Waals surface area contributed by atoms with E-state index in [0.717, 1.165) is 66.5 Å². The molecule has 0 unspecified atom stereocenters. The van der Waals surface area contributed by atoms with Crippen molar-refractivity contribution >= 4 is 71.2 Å². The number of nitrogens with zero attached hydrogens (tertiary/aromatic N) is 4. The van der Waals surface area contributed by atoms with Crippen molar-refractivity contribution in [3.05, 3.63) is 187 Å². The molecule has 7 aromatic carbocycles. The summed E-state index contributed by atoms with van der Waals surface area (Å²) in [6.45, 7) is 6.12. The number of furan rings is 1. The maximum Gasteiger partial charge on any atom is 0.164 e. The minimum absolute atomic E-state index is 0.598. The van der Waals surface area contributed by atoms with Crippen LogP contribution in [0.15, 0.2) is 181 Å². The maximum atomic E-state index is 6.25. The van der Waals surface area contributed by atoms with Gasteiger partial charge in [0.15, 0.2) is 17.5 Å². The molecule has 4 heterocycles. The van der Waals surface area contributed by atoms with E-state index in [2.05, 4.69) is 109 Å². The van der Waals surface area contributed by atoms with E-state index in [4.69, 9.17) is 19.4 Å². The molecule has 0 aliphatic carbocycles. The van der Waals surface area contributed by atoms with Gasteiger partial charge in [0.05, 0.1) is 11.0 Å². The number of aromatic nitrogens is 4. The standard InChI is InChI=1S/C52H34N4OS/c1-3-4-19-39-32(2)58-49-41(39)25-26-45-48(49)42-21-11-13-22-44(42)56(45)38-29-36(35-24-27-47-43(31-35)40-20-12-14-23-46(40)57-47)28-37(30-38)52-54-50(33-15-7-5-8-16-33)53-51(55-52)34-17-9-6-10-18-34/h3-31H,1H2,2H3/b19-4-. The van der Waals surface area contributed by atoms with Gasteiger partial charge in [0.25, 0.3) is 0 Å². The average molecular weight is 763 g/mol. The molecule has 0 saturated heterocycles. The van der Waals surface area contributed by atoms with E-state index in [0.29, 0.717) is 17.5 Å². The van der Waals surface area contributed by atoms with Gasteiger partial charge in [0, 0.05) is 58.9 Å². The maximum absolute atomic E-state index is 6.25. The predicted molar refractivity (Wildman–Crippen MR) is 243 cm³/mol. The molecule has 0 amide bonds. The van der Waals surface area contributed by atoms with Gasteiger partial charge < -0.3 is 8.98 Å². The van der Waals surface area contributed by atoms with Gasteiger partial charge in [-0.25, -0.2) is 15.0 Å². The zero-order chi connectivity index (χ0) is 38.7. The topological polar surface area (TPSA) is 56.7 Å². The zero-order valence-electron chi connectivity index (χ0n) is 31.6. The molecule has 0 N–H and O–H groups in total. The molecule has 11 aromatic rings. The summed E-state index contributed by atoms with van der Waals surface area (Å²) in [5.41, 5.74) is 11.1. The molecule has 11 rings (SSSR count). The third-order valence-electron chi connectivity index (χ3n) is 11.0. The van der Waals surface area contributed by atoms with Crippen molar-refractivity contribution in [3.8, 4) is 51.0 Å². The van der Waals surface area contributed by atoms with Gasteiger partial charge in [0.1, 0.15) is 11.2 Å². The lowest BCUT2D eigenvalue weighted by Gasteiger charge is -2.14. The molecule has 0 fully saturated rings. The Hall–Kier alpha value is -7.41. The van der Waals surface area contributed by atoms with Gasteiger partial charge in [0.2, 0.25) is 0 Å². The van der Waals surface area contributed by atoms with Crippen LogP contribution < -0.4 is 0 Å². The minimum Gasteiger partial charge on any atom is -0.456 e. The Balaban J connectivity index is 1.21. The summed E-state index contributed by atoms with van der Waals surface area (Å²) in [7, 11) is 0. The molecule has 0 aliphatic rings. The van der Waals surface area contributed by atoms with E-state index >= 15 is 0 Å². The molecule has 58 heavy (non-hydrogen) atoms. The highest BCUT2D eigenvalue weighted by molar-refractivity contribution is 7.20. The Morgan fingerprint density at radius 1 is 0.534 bits per heavy atom. The molecule has 0 atom stereocenters. The highest BCUT2D eigenvalue weighted by Crippen LogP contribution is 2.44. The number of thiophene rings is 1. The number of para-hydroxylation sites is 2. The summed E-state index contributed by atoms with van der Waals surface area (Å²) < 4.78 is 9.93. The molecule has 0 saturated carbocycles. The van der Waals surface area contributed by atoms with Crippen LogP contribution >= 0.6 is 11.3 Å². The lowest BCUT2D eigenvalue weighted by Crippen LogP contribution is -2.01. The molecule has 5 nitrogen and oxygen atoms in total. The fourth-order valence-corrected chi connectivity index (χ4v) is 9.47. The van der Waals surface area contributed by atoms with E-state index in [1.807, 2.05) is 96.3 Å². The third-order valence-corrected chi connectivity index (χ3v) is 12.1. The molecule has 274 valence electrons. The van der Waals surface area contributed by atoms with Crippen LogP contribution in [0.2, 0.25) is 0 Å². The third kappa shape index (κ3) is 5.57. The number of aryl methyl sites for hydroxylation is 1. The average Bonchev–Trinajstić information content (AvgIpc) is 3.94. The van der Waals surface area contributed by atoms with Gasteiger partial charge in [-0.3, -0.25) is 0 Å². The van der Waals surface area contributed by atoms with E-state index in [-0.39, 0.29) is 0 Å². The first kappa shape index (κ1) is 33.9. The van der Waals surface area contributed by atoms with Crippen LogP contribution in [0, 0.1) is 6.92 Å². The number of rotatable bonds is 7. The Kier molecular flexibility index (Phi) is 7.98. The second-order valence-electron chi connectivity index (χ2n) is 14.5. The number of allylic oxidation sites excluding steroid dienone is 2. The van der Waals surface area contributed by atoms with Crippen molar-refractivity contribution in [2.75, 3.05) is 0 Å². The van der Waals surface area contributed by atoms with E-state index in [1.54, 1.807) is 0 Å². The fraction of sp³-hybridized carbons (Fsp3) is 0.0192. The van der Waals surface area contributed by atoms with Crippen LogP contribution in [0.4, 0.5) is 0 Å². The van der Waals surface area contributed by atoms with Gasteiger partial charge in [-0.1, -0.05) is 134 Å². The first-order valence-corrected chi connectivity index (χ1v) is 20.1. The van der Waals surface area contributed by atoms with Gasteiger partial charge in [-0.05, 0) is 72.1 Å². The number of fused-ring (bicyclic) bond motifs is 8. The molecule has 0 aliphatic heterocycles. The predicted octanol–water partition coefficient (Wildman–Crippen LogP) is 14.3. The number of hydrogen-bond acceptors (Lipinski definition) is 5. The minimum atomic E-state index is 0.598.